The Morgan fingerprint density at radius 2 is 2.05 bits per heavy atom. The monoisotopic (exact) mass is 320 g/mol. The first kappa shape index (κ1) is 13.8. The maximum atomic E-state index is 4.48. The molecule has 0 unspecified atom stereocenters. The minimum absolute atomic E-state index is 0.642. The highest BCUT2D eigenvalue weighted by Crippen LogP contribution is 2.27. The van der Waals surface area contributed by atoms with Crippen LogP contribution in [0.4, 0.5) is 17.5 Å². The number of anilines is 3. The van der Waals surface area contributed by atoms with Crippen molar-refractivity contribution in [3.8, 4) is 0 Å². The van der Waals surface area contributed by atoms with Crippen LogP contribution in [-0.4, -0.2) is 16.5 Å². The average Bonchev–Trinajstić information content (AvgIpc) is 2.39. The standard InChI is InChI=1S/C14H17BrN4/c1-4-16-14-17-8-9(2)13(19-14)18-12-7-5-6-11(15)10(12)3/h5-8H,4H2,1-3H3,(H2,16,17,18,19). The minimum atomic E-state index is 0.642. The number of rotatable bonds is 4. The molecule has 0 fully saturated rings. The molecular weight excluding hydrogens is 304 g/mol. The smallest absolute Gasteiger partial charge is 0.224 e. The van der Waals surface area contributed by atoms with Crippen molar-refractivity contribution in [1.82, 2.24) is 9.97 Å². The molecule has 100 valence electrons. The molecule has 0 aliphatic rings. The molecule has 0 atom stereocenters. The molecule has 2 aromatic rings. The van der Waals surface area contributed by atoms with Crippen LogP contribution in [0.5, 0.6) is 0 Å². The lowest BCUT2D eigenvalue weighted by molar-refractivity contribution is 1.07. The van der Waals surface area contributed by atoms with E-state index in [1.165, 1.54) is 0 Å². The topological polar surface area (TPSA) is 49.8 Å². The Kier molecular flexibility index (Phi) is 4.37. The van der Waals surface area contributed by atoms with E-state index in [0.29, 0.717) is 5.95 Å². The second-order valence-corrected chi connectivity index (χ2v) is 5.15. The third-order valence-corrected chi connectivity index (χ3v) is 3.69. The van der Waals surface area contributed by atoms with Gasteiger partial charge in [-0.3, -0.25) is 0 Å². The van der Waals surface area contributed by atoms with Gasteiger partial charge in [0, 0.05) is 28.5 Å². The predicted octanol–water partition coefficient (Wildman–Crippen LogP) is 4.03. The van der Waals surface area contributed by atoms with Gasteiger partial charge in [0.05, 0.1) is 0 Å². The second kappa shape index (κ2) is 6.02. The van der Waals surface area contributed by atoms with Crippen LogP contribution in [0.25, 0.3) is 0 Å². The van der Waals surface area contributed by atoms with Crippen LogP contribution >= 0.6 is 15.9 Å². The Hall–Kier alpha value is -1.62. The third kappa shape index (κ3) is 3.23. The summed E-state index contributed by atoms with van der Waals surface area (Å²) in [6.07, 6.45) is 1.82. The lowest BCUT2D eigenvalue weighted by atomic mass is 10.2. The third-order valence-electron chi connectivity index (χ3n) is 2.83. The number of aromatic nitrogens is 2. The molecule has 4 nitrogen and oxygen atoms in total. The Labute approximate surface area is 121 Å². The summed E-state index contributed by atoms with van der Waals surface area (Å²) >= 11 is 3.53. The van der Waals surface area contributed by atoms with Crippen LogP contribution in [0.3, 0.4) is 0 Å². The van der Waals surface area contributed by atoms with E-state index in [0.717, 1.165) is 33.6 Å². The van der Waals surface area contributed by atoms with E-state index in [-0.39, 0.29) is 0 Å². The molecular formula is C14H17BrN4. The summed E-state index contributed by atoms with van der Waals surface area (Å²) in [7, 11) is 0. The lowest BCUT2D eigenvalue weighted by Gasteiger charge is -2.13. The first-order valence-corrected chi connectivity index (χ1v) is 7.00. The predicted molar refractivity (Wildman–Crippen MR) is 83.1 cm³/mol. The number of nitrogens with zero attached hydrogens (tertiary/aromatic N) is 2. The van der Waals surface area contributed by atoms with Crippen molar-refractivity contribution in [2.24, 2.45) is 0 Å². The first-order chi connectivity index (χ1) is 9.11. The van der Waals surface area contributed by atoms with E-state index < -0.39 is 0 Å². The number of aryl methyl sites for hydroxylation is 1. The summed E-state index contributed by atoms with van der Waals surface area (Å²) in [4.78, 5) is 8.72. The molecule has 0 aliphatic heterocycles. The van der Waals surface area contributed by atoms with Gasteiger partial charge in [-0.15, -0.1) is 0 Å². The first-order valence-electron chi connectivity index (χ1n) is 6.21. The van der Waals surface area contributed by atoms with E-state index in [4.69, 9.17) is 0 Å². The Bertz CT molecular complexity index is 584. The molecule has 0 bridgehead atoms. The van der Waals surface area contributed by atoms with Crippen molar-refractivity contribution in [3.05, 3.63) is 40.0 Å². The molecule has 0 spiro atoms. The number of halogens is 1. The van der Waals surface area contributed by atoms with Gasteiger partial charge >= 0.3 is 0 Å². The van der Waals surface area contributed by atoms with Crippen LogP contribution in [0.1, 0.15) is 18.1 Å². The zero-order chi connectivity index (χ0) is 13.8. The molecule has 19 heavy (non-hydrogen) atoms. The molecule has 0 amide bonds. The maximum absolute atomic E-state index is 4.48. The van der Waals surface area contributed by atoms with Crippen LogP contribution in [0, 0.1) is 13.8 Å². The molecule has 1 aromatic heterocycles. The van der Waals surface area contributed by atoms with Gasteiger partial charge in [-0.25, -0.2) is 4.98 Å². The molecule has 2 N–H and O–H groups in total. The fraction of sp³-hybridized carbons (Fsp3) is 0.286. The zero-order valence-corrected chi connectivity index (χ0v) is 12.9. The molecule has 1 heterocycles. The fourth-order valence-electron chi connectivity index (χ4n) is 1.68. The van der Waals surface area contributed by atoms with E-state index in [1.807, 2.05) is 38.2 Å². The molecule has 0 aliphatic carbocycles. The number of hydrogen-bond donors (Lipinski definition) is 2. The molecule has 0 radical (unpaired) electrons. The van der Waals surface area contributed by atoms with Gasteiger partial charge in [-0.05, 0) is 38.5 Å². The lowest BCUT2D eigenvalue weighted by Crippen LogP contribution is -2.06. The Morgan fingerprint density at radius 1 is 1.26 bits per heavy atom. The summed E-state index contributed by atoms with van der Waals surface area (Å²) in [5.41, 5.74) is 3.21. The Morgan fingerprint density at radius 3 is 2.79 bits per heavy atom. The zero-order valence-electron chi connectivity index (χ0n) is 11.3. The van der Waals surface area contributed by atoms with Gasteiger partial charge in [-0.1, -0.05) is 22.0 Å². The quantitative estimate of drug-likeness (QED) is 0.892. The maximum Gasteiger partial charge on any atom is 0.224 e. The minimum Gasteiger partial charge on any atom is -0.354 e. The van der Waals surface area contributed by atoms with Gasteiger partial charge in [0.1, 0.15) is 5.82 Å². The summed E-state index contributed by atoms with van der Waals surface area (Å²) in [5, 5.41) is 6.47. The van der Waals surface area contributed by atoms with Crippen molar-refractivity contribution < 1.29 is 0 Å². The van der Waals surface area contributed by atoms with Crippen LogP contribution in [0.2, 0.25) is 0 Å². The van der Waals surface area contributed by atoms with Crippen molar-refractivity contribution in [2.45, 2.75) is 20.8 Å². The van der Waals surface area contributed by atoms with Crippen LogP contribution in [-0.2, 0) is 0 Å². The summed E-state index contributed by atoms with van der Waals surface area (Å²) in [6, 6.07) is 6.06. The second-order valence-electron chi connectivity index (χ2n) is 4.29. The fourth-order valence-corrected chi connectivity index (χ4v) is 2.05. The molecule has 2 rings (SSSR count). The highest BCUT2D eigenvalue weighted by molar-refractivity contribution is 9.10. The van der Waals surface area contributed by atoms with Gasteiger partial charge in [-0.2, -0.15) is 4.98 Å². The SMILES string of the molecule is CCNc1ncc(C)c(Nc2cccc(Br)c2C)n1. The van der Waals surface area contributed by atoms with Gasteiger partial charge in [0.15, 0.2) is 0 Å². The molecule has 5 heteroatoms. The van der Waals surface area contributed by atoms with Crippen molar-refractivity contribution in [2.75, 3.05) is 17.2 Å². The summed E-state index contributed by atoms with van der Waals surface area (Å²) in [5.74, 6) is 1.47. The average molecular weight is 321 g/mol. The number of hydrogen-bond acceptors (Lipinski definition) is 4. The van der Waals surface area contributed by atoms with E-state index in [2.05, 4.69) is 43.5 Å². The largest absolute Gasteiger partial charge is 0.354 e. The van der Waals surface area contributed by atoms with Crippen LogP contribution < -0.4 is 10.6 Å². The molecule has 0 saturated carbocycles. The van der Waals surface area contributed by atoms with Gasteiger partial charge in [0.2, 0.25) is 5.95 Å². The van der Waals surface area contributed by atoms with Crippen molar-refractivity contribution in [1.29, 1.82) is 0 Å². The highest BCUT2D eigenvalue weighted by Gasteiger charge is 2.06. The van der Waals surface area contributed by atoms with Gasteiger partial charge in [0.25, 0.3) is 0 Å². The number of benzene rings is 1. The van der Waals surface area contributed by atoms with E-state index in [9.17, 15) is 0 Å². The Balaban J connectivity index is 2.32. The van der Waals surface area contributed by atoms with E-state index in [1.54, 1.807) is 0 Å². The van der Waals surface area contributed by atoms with Crippen molar-refractivity contribution in [3.63, 3.8) is 0 Å². The van der Waals surface area contributed by atoms with Crippen LogP contribution in [0.15, 0.2) is 28.9 Å². The molecule has 0 saturated heterocycles. The summed E-state index contributed by atoms with van der Waals surface area (Å²) < 4.78 is 1.08. The van der Waals surface area contributed by atoms with Crippen molar-refractivity contribution >= 4 is 33.4 Å². The number of nitrogens with one attached hydrogen (secondary N) is 2. The normalized spacial score (nSPS) is 10.3. The van der Waals surface area contributed by atoms with E-state index >= 15 is 0 Å². The molecule has 1 aromatic carbocycles. The summed E-state index contributed by atoms with van der Waals surface area (Å²) in [6.45, 7) is 6.88. The van der Waals surface area contributed by atoms with Gasteiger partial charge < -0.3 is 10.6 Å². The highest BCUT2D eigenvalue weighted by atomic mass is 79.9.